The number of aromatic nitrogens is 3. The Morgan fingerprint density at radius 2 is 1.70 bits per heavy atom. The average molecular weight is 315 g/mol. The highest BCUT2D eigenvalue weighted by Crippen LogP contribution is 2.34. The molecule has 2 aromatic carbocycles. The molecule has 110 valence electrons. The number of hydrogen-bond acceptors (Lipinski definition) is 3. The van der Waals surface area contributed by atoms with E-state index >= 15 is 0 Å². The molecule has 0 unspecified atom stereocenters. The van der Waals surface area contributed by atoms with E-state index in [1.807, 2.05) is 42.5 Å². The van der Waals surface area contributed by atoms with Crippen LogP contribution in [-0.2, 0) is 0 Å². The summed E-state index contributed by atoms with van der Waals surface area (Å²) in [6.07, 6.45) is 5.47. The Balaban J connectivity index is 2.05. The summed E-state index contributed by atoms with van der Waals surface area (Å²) in [5.41, 5.74) is 3.98. The number of thioether (sulfide) groups is 1. The summed E-state index contributed by atoms with van der Waals surface area (Å²) in [4.78, 5) is 9.41. The molecular formula is C19H13N3S. The first-order chi connectivity index (χ1) is 11.4. The molecule has 3 nitrogen and oxygen atoms in total. The highest BCUT2D eigenvalue weighted by molar-refractivity contribution is 7.99. The molecule has 0 radical (unpaired) electrons. The predicted molar refractivity (Wildman–Crippen MR) is 95.5 cm³/mol. The minimum absolute atomic E-state index is 0.596. The Bertz CT molecular complexity index is 1030. The molecule has 2 aromatic heterocycles. The Kier molecular flexibility index (Phi) is 3.49. The molecule has 0 atom stereocenters. The molecule has 0 N–H and O–H groups in total. The van der Waals surface area contributed by atoms with Gasteiger partial charge in [0.2, 0.25) is 5.78 Å². The smallest absolute Gasteiger partial charge is 0.236 e. The van der Waals surface area contributed by atoms with Crippen LogP contribution in [0.25, 0.3) is 28.1 Å². The molecule has 0 spiro atoms. The van der Waals surface area contributed by atoms with Crippen molar-refractivity contribution in [2.45, 2.75) is 5.03 Å². The van der Waals surface area contributed by atoms with E-state index in [4.69, 9.17) is 11.4 Å². The second-order valence-electron chi connectivity index (χ2n) is 5.05. The van der Waals surface area contributed by atoms with Gasteiger partial charge in [0.25, 0.3) is 0 Å². The van der Waals surface area contributed by atoms with Crippen LogP contribution in [0.4, 0.5) is 0 Å². The summed E-state index contributed by atoms with van der Waals surface area (Å²) in [6.45, 7) is 0. The maximum atomic E-state index is 5.47. The summed E-state index contributed by atoms with van der Waals surface area (Å²) in [5, 5.41) is 1.04. The molecule has 0 saturated carbocycles. The zero-order valence-corrected chi connectivity index (χ0v) is 13.1. The van der Waals surface area contributed by atoms with Gasteiger partial charge in [-0.3, -0.25) is 4.40 Å². The van der Waals surface area contributed by atoms with Crippen molar-refractivity contribution in [2.24, 2.45) is 0 Å². The first-order valence-corrected chi connectivity index (χ1v) is 8.26. The number of benzene rings is 1. The fourth-order valence-corrected chi connectivity index (χ4v) is 3.46. The Labute approximate surface area is 138 Å². The summed E-state index contributed by atoms with van der Waals surface area (Å²) in [5.74, 6) is 4.01. The SMILES string of the molecule is C#CCSc1c(-c2ccccc2)nc2nc3cccccc3n12. The van der Waals surface area contributed by atoms with Gasteiger partial charge in [-0.1, -0.05) is 66.2 Å². The van der Waals surface area contributed by atoms with E-state index in [9.17, 15) is 0 Å². The van der Waals surface area contributed by atoms with E-state index in [0.717, 1.165) is 27.3 Å². The molecule has 0 bridgehead atoms. The minimum Gasteiger partial charge on any atom is -0.269 e. The Morgan fingerprint density at radius 1 is 0.957 bits per heavy atom. The fourth-order valence-electron chi connectivity index (χ4n) is 2.63. The highest BCUT2D eigenvalue weighted by atomic mass is 32.2. The zero-order valence-electron chi connectivity index (χ0n) is 12.3. The van der Waals surface area contributed by atoms with Crippen molar-refractivity contribution < 1.29 is 0 Å². The van der Waals surface area contributed by atoms with Gasteiger partial charge in [0.05, 0.1) is 16.8 Å². The van der Waals surface area contributed by atoms with Crippen molar-refractivity contribution in [1.82, 2.24) is 14.4 Å². The summed E-state index contributed by atoms with van der Waals surface area (Å²) >= 11 is 1.62. The van der Waals surface area contributed by atoms with Crippen molar-refractivity contribution in [3.8, 4) is 23.6 Å². The first kappa shape index (κ1) is 13.9. The van der Waals surface area contributed by atoms with Gasteiger partial charge in [0, 0.05) is 5.56 Å². The largest absolute Gasteiger partial charge is 0.269 e. The number of terminal acetylenes is 1. The van der Waals surface area contributed by atoms with Crippen LogP contribution in [0, 0.1) is 12.3 Å². The van der Waals surface area contributed by atoms with E-state index in [-0.39, 0.29) is 0 Å². The number of fused-ring (bicyclic) bond motifs is 3. The molecule has 4 heteroatoms. The summed E-state index contributed by atoms with van der Waals surface area (Å²) < 4.78 is 2.10. The first-order valence-electron chi connectivity index (χ1n) is 7.27. The second-order valence-corrected chi connectivity index (χ2v) is 6.02. The minimum atomic E-state index is 0.596. The van der Waals surface area contributed by atoms with Crippen LogP contribution in [-0.4, -0.2) is 20.1 Å². The standard InChI is InChI=1S/C19H13N3S/c1-2-13-23-18-17(14-9-5-3-6-10-14)21-19-20-15-11-7-4-8-12-16(15)22(18)19/h1,3-12H,13H2. The molecule has 2 heterocycles. The predicted octanol–water partition coefficient (Wildman–Crippen LogP) is 4.27. The average Bonchev–Trinajstić information content (AvgIpc) is 3.01. The zero-order chi connectivity index (χ0) is 15.6. The van der Waals surface area contributed by atoms with Crippen LogP contribution in [0.1, 0.15) is 0 Å². The summed E-state index contributed by atoms with van der Waals surface area (Å²) in [7, 11) is 0. The third kappa shape index (κ3) is 2.36. The Hall–Kier alpha value is -2.77. The molecular weight excluding hydrogens is 302 g/mol. The summed E-state index contributed by atoms with van der Waals surface area (Å²) in [6, 6.07) is 20.2. The quantitative estimate of drug-likeness (QED) is 0.418. The normalized spacial score (nSPS) is 10.9. The number of hydrogen-bond donors (Lipinski definition) is 0. The molecule has 0 aliphatic rings. The molecule has 0 saturated heterocycles. The van der Waals surface area contributed by atoms with Gasteiger partial charge in [-0.2, -0.15) is 0 Å². The van der Waals surface area contributed by atoms with Gasteiger partial charge in [-0.25, -0.2) is 9.97 Å². The highest BCUT2D eigenvalue weighted by Gasteiger charge is 2.18. The van der Waals surface area contributed by atoms with Crippen LogP contribution in [0.5, 0.6) is 0 Å². The van der Waals surface area contributed by atoms with Crippen molar-refractivity contribution in [3.63, 3.8) is 0 Å². The van der Waals surface area contributed by atoms with Crippen LogP contribution in [0.15, 0.2) is 65.7 Å². The Morgan fingerprint density at radius 3 is 2.48 bits per heavy atom. The fraction of sp³-hybridized carbons (Fsp3) is 0.0526. The number of rotatable bonds is 3. The van der Waals surface area contributed by atoms with Gasteiger partial charge in [0.15, 0.2) is 0 Å². The lowest BCUT2D eigenvalue weighted by molar-refractivity contribution is 1.11. The van der Waals surface area contributed by atoms with Crippen molar-refractivity contribution >= 4 is 28.6 Å². The van der Waals surface area contributed by atoms with E-state index in [1.165, 1.54) is 0 Å². The van der Waals surface area contributed by atoms with Gasteiger partial charge < -0.3 is 0 Å². The molecule has 0 amide bonds. The molecule has 23 heavy (non-hydrogen) atoms. The van der Waals surface area contributed by atoms with Crippen molar-refractivity contribution in [3.05, 3.63) is 60.7 Å². The van der Waals surface area contributed by atoms with E-state index in [0.29, 0.717) is 11.5 Å². The lowest BCUT2D eigenvalue weighted by Crippen LogP contribution is -1.86. The lowest BCUT2D eigenvalue weighted by Gasteiger charge is -2.02. The van der Waals surface area contributed by atoms with Crippen LogP contribution in [0.3, 0.4) is 0 Å². The van der Waals surface area contributed by atoms with E-state index in [1.54, 1.807) is 11.8 Å². The molecule has 4 rings (SSSR count). The van der Waals surface area contributed by atoms with Crippen LogP contribution in [0.2, 0.25) is 0 Å². The third-order valence-electron chi connectivity index (χ3n) is 3.61. The monoisotopic (exact) mass is 315 g/mol. The van der Waals surface area contributed by atoms with Gasteiger partial charge in [-0.05, 0) is 12.1 Å². The van der Waals surface area contributed by atoms with Crippen molar-refractivity contribution in [1.29, 1.82) is 0 Å². The molecule has 0 aliphatic carbocycles. The molecule has 4 aromatic rings. The topological polar surface area (TPSA) is 30.2 Å². The van der Waals surface area contributed by atoms with Gasteiger partial charge in [-0.15, -0.1) is 6.42 Å². The van der Waals surface area contributed by atoms with Crippen LogP contribution < -0.4 is 0 Å². The number of nitrogens with zero attached hydrogens (tertiary/aromatic N) is 3. The second kappa shape index (κ2) is 5.79. The lowest BCUT2D eigenvalue weighted by atomic mass is 10.2. The third-order valence-corrected chi connectivity index (χ3v) is 4.57. The number of imidazole rings is 2. The maximum absolute atomic E-state index is 5.47. The molecule has 0 fully saturated rings. The van der Waals surface area contributed by atoms with Crippen molar-refractivity contribution in [2.75, 3.05) is 5.75 Å². The van der Waals surface area contributed by atoms with Gasteiger partial charge in [0.1, 0.15) is 10.7 Å². The van der Waals surface area contributed by atoms with Crippen LogP contribution >= 0.6 is 11.8 Å². The van der Waals surface area contributed by atoms with E-state index < -0.39 is 0 Å². The maximum Gasteiger partial charge on any atom is 0.236 e. The molecule has 0 aliphatic heterocycles. The van der Waals surface area contributed by atoms with E-state index in [2.05, 4.69) is 33.5 Å². The van der Waals surface area contributed by atoms with Gasteiger partial charge >= 0.3 is 0 Å².